The van der Waals surface area contributed by atoms with Crippen molar-refractivity contribution in [3.05, 3.63) is 0 Å². The van der Waals surface area contributed by atoms with Crippen LogP contribution in [0.1, 0.15) is 68.7 Å². The second-order valence-corrected chi connectivity index (χ2v) is 11.7. The number of hydrogen-bond donors (Lipinski definition) is 4. The first-order valence-electron chi connectivity index (χ1n) is 10.0. The van der Waals surface area contributed by atoms with Crippen molar-refractivity contribution in [2.75, 3.05) is 0 Å². The number of aliphatic carboxylic acids is 4. The van der Waals surface area contributed by atoms with Crippen LogP contribution in [0.25, 0.3) is 0 Å². The molecule has 0 amide bonds. The van der Waals surface area contributed by atoms with Crippen LogP contribution in [-0.2, 0) is 19.2 Å². The molecule has 0 aromatic carbocycles. The van der Waals surface area contributed by atoms with E-state index < -0.39 is 75.1 Å². The number of carbonyl (C=O) groups is 4. The summed E-state index contributed by atoms with van der Waals surface area (Å²) in [5.41, 5.74) is -7.53. The van der Waals surface area contributed by atoms with Crippen LogP contribution in [0.4, 0.5) is 0 Å². The van der Waals surface area contributed by atoms with Crippen molar-refractivity contribution in [2.24, 2.45) is 44.8 Å². The molecule has 5 unspecified atom stereocenters. The van der Waals surface area contributed by atoms with Gasteiger partial charge in [0.25, 0.3) is 0 Å². The molecule has 172 valence electrons. The number of hydrogen-bond acceptors (Lipinski definition) is 4. The zero-order valence-electron chi connectivity index (χ0n) is 19.4. The van der Waals surface area contributed by atoms with Gasteiger partial charge in [0.2, 0.25) is 0 Å². The van der Waals surface area contributed by atoms with Crippen molar-refractivity contribution in [3.63, 3.8) is 0 Å². The average molecular weight is 429 g/mol. The van der Waals surface area contributed by atoms with E-state index in [2.05, 4.69) is 0 Å². The Morgan fingerprint density at radius 2 is 1.13 bits per heavy atom. The minimum Gasteiger partial charge on any atom is -0.481 e. The molecule has 0 radical (unpaired) electrons. The number of carboxylic acids is 4. The molecule has 0 bridgehead atoms. The summed E-state index contributed by atoms with van der Waals surface area (Å²) in [6.07, 6.45) is -0.589. The Hall–Kier alpha value is -2.12. The molecule has 8 nitrogen and oxygen atoms in total. The Kier molecular flexibility index (Phi) is 6.25. The Morgan fingerprint density at radius 1 is 0.700 bits per heavy atom. The highest BCUT2D eigenvalue weighted by Crippen LogP contribution is 2.73. The quantitative estimate of drug-likeness (QED) is 0.529. The van der Waals surface area contributed by atoms with E-state index in [4.69, 9.17) is 0 Å². The first-order chi connectivity index (χ1) is 13.1. The second kappa shape index (κ2) is 7.24. The Labute approximate surface area is 177 Å². The molecule has 4 N–H and O–H groups in total. The van der Waals surface area contributed by atoms with Gasteiger partial charge in [0.1, 0.15) is 0 Å². The van der Waals surface area contributed by atoms with Gasteiger partial charge in [0.15, 0.2) is 0 Å². The molecule has 0 aromatic heterocycles. The molecule has 1 aliphatic carbocycles. The van der Waals surface area contributed by atoms with Crippen LogP contribution in [0, 0.1) is 44.8 Å². The first kappa shape index (κ1) is 25.9. The van der Waals surface area contributed by atoms with Crippen molar-refractivity contribution >= 4 is 23.9 Å². The van der Waals surface area contributed by atoms with Crippen LogP contribution in [0.2, 0.25) is 0 Å². The summed E-state index contributed by atoms with van der Waals surface area (Å²) in [7, 11) is 0. The molecule has 30 heavy (non-hydrogen) atoms. The van der Waals surface area contributed by atoms with E-state index >= 15 is 0 Å². The third-order valence-electron chi connectivity index (χ3n) is 7.16. The van der Waals surface area contributed by atoms with Crippen LogP contribution in [0.3, 0.4) is 0 Å². The van der Waals surface area contributed by atoms with Crippen LogP contribution >= 0.6 is 0 Å². The number of rotatable bonds is 4. The molecule has 1 saturated carbocycles. The molecule has 0 heterocycles. The highest BCUT2D eigenvalue weighted by atomic mass is 16.4. The van der Waals surface area contributed by atoms with Gasteiger partial charge in [-0.1, -0.05) is 62.3 Å². The predicted octanol–water partition coefficient (Wildman–Crippen LogP) is 3.69. The summed E-state index contributed by atoms with van der Waals surface area (Å²) in [5, 5.41) is 41.3. The molecular weight excluding hydrogens is 392 g/mol. The van der Waals surface area contributed by atoms with Gasteiger partial charge in [-0.25, -0.2) is 0 Å². The van der Waals surface area contributed by atoms with Crippen molar-refractivity contribution in [1.82, 2.24) is 0 Å². The lowest BCUT2D eigenvalue weighted by Crippen LogP contribution is -2.74. The summed E-state index contributed by atoms with van der Waals surface area (Å²) in [6.45, 7) is 14.5. The molecule has 0 spiro atoms. The molecule has 1 aliphatic rings. The van der Waals surface area contributed by atoms with E-state index in [-0.39, 0.29) is 0 Å². The molecule has 0 aromatic rings. The normalized spacial score (nSPS) is 33.0. The van der Waals surface area contributed by atoms with E-state index in [0.29, 0.717) is 0 Å². The van der Waals surface area contributed by atoms with Crippen molar-refractivity contribution < 1.29 is 39.6 Å². The summed E-state index contributed by atoms with van der Waals surface area (Å²) < 4.78 is 0. The van der Waals surface area contributed by atoms with Gasteiger partial charge >= 0.3 is 23.9 Å². The Morgan fingerprint density at radius 3 is 1.33 bits per heavy atom. The number of carboxylic acid groups (broad SMARTS) is 4. The second-order valence-electron chi connectivity index (χ2n) is 11.7. The van der Waals surface area contributed by atoms with E-state index in [1.807, 2.05) is 0 Å². The monoisotopic (exact) mass is 428 g/mol. The molecule has 8 heteroatoms. The summed E-state index contributed by atoms with van der Waals surface area (Å²) in [6, 6.07) is 0. The molecule has 1 rings (SSSR count). The minimum atomic E-state index is -2.07. The SMILES string of the molecule is CC(C)(C)C1C(C(=O)O)C(C(=O)O)CC(C(=O)O)(C(C)(C)C)C1(C(=O)O)C(C)(C)C. The molecular formula is C22H36O8. The smallest absolute Gasteiger partial charge is 0.311 e. The van der Waals surface area contributed by atoms with E-state index in [1.54, 1.807) is 62.3 Å². The van der Waals surface area contributed by atoms with Gasteiger partial charge in [-0.3, -0.25) is 19.2 Å². The average Bonchev–Trinajstić information content (AvgIpc) is 2.48. The highest BCUT2D eigenvalue weighted by Gasteiger charge is 2.79. The fourth-order valence-corrected chi connectivity index (χ4v) is 6.35. The fourth-order valence-electron chi connectivity index (χ4n) is 6.35. The van der Waals surface area contributed by atoms with Crippen LogP contribution in [0.15, 0.2) is 0 Å². The maximum atomic E-state index is 13.2. The maximum absolute atomic E-state index is 13.2. The van der Waals surface area contributed by atoms with E-state index in [9.17, 15) is 39.6 Å². The first-order valence-corrected chi connectivity index (χ1v) is 10.0. The van der Waals surface area contributed by atoms with Crippen LogP contribution in [-0.4, -0.2) is 44.3 Å². The predicted molar refractivity (Wildman–Crippen MR) is 109 cm³/mol. The van der Waals surface area contributed by atoms with Gasteiger partial charge in [-0.2, -0.15) is 0 Å². The fraction of sp³-hybridized carbons (Fsp3) is 0.818. The Balaban J connectivity index is 4.46. The molecule has 5 atom stereocenters. The molecule has 0 saturated heterocycles. The lowest BCUT2D eigenvalue weighted by atomic mass is 9.32. The largest absolute Gasteiger partial charge is 0.481 e. The Bertz CT molecular complexity index is 749. The van der Waals surface area contributed by atoms with Gasteiger partial charge in [0, 0.05) is 0 Å². The van der Waals surface area contributed by atoms with Gasteiger partial charge in [0.05, 0.1) is 22.7 Å². The standard InChI is InChI=1S/C22H36O8/c1-18(2,3)13-12(15(25)26)11(14(23)24)10-21(16(27)28,19(4,5)6)22(13,17(29)30)20(7,8)9/h11-13H,10H2,1-9H3,(H,23,24)(H,25,26)(H,27,28)(H,29,30). The maximum Gasteiger partial charge on any atom is 0.311 e. The van der Waals surface area contributed by atoms with Crippen LogP contribution < -0.4 is 0 Å². The van der Waals surface area contributed by atoms with Crippen molar-refractivity contribution in [1.29, 1.82) is 0 Å². The van der Waals surface area contributed by atoms with Crippen LogP contribution in [0.5, 0.6) is 0 Å². The van der Waals surface area contributed by atoms with Gasteiger partial charge in [-0.15, -0.1) is 0 Å². The minimum absolute atomic E-state index is 0.589. The summed E-state index contributed by atoms with van der Waals surface area (Å²) in [5.74, 6) is -10.1. The van der Waals surface area contributed by atoms with E-state index in [1.165, 1.54) is 0 Å². The topological polar surface area (TPSA) is 149 Å². The van der Waals surface area contributed by atoms with Crippen molar-refractivity contribution in [3.8, 4) is 0 Å². The molecule has 0 aliphatic heterocycles. The third-order valence-corrected chi connectivity index (χ3v) is 7.16. The zero-order chi connectivity index (χ0) is 24.2. The van der Waals surface area contributed by atoms with Crippen molar-refractivity contribution in [2.45, 2.75) is 68.7 Å². The van der Waals surface area contributed by atoms with E-state index in [0.717, 1.165) is 0 Å². The summed E-state index contributed by atoms with van der Waals surface area (Å²) >= 11 is 0. The van der Waals surface area contributed by atoms with Gasteiger partial charge < -0.3 is 20.4 Å². The lowest BCUT2D eigenvalue weighted by Gasteiger charge is -2.67. The zero-order valence-corrected chi connectivity index (χ0v) is 19.4. The molecule has 1 fully saturated rings. The summed E-state index contributed by atoms with van der Waals surface area (Å²) in [4.78, 5) is 50.8. The lowest BCUT2D eigenvalue weighted by molar-refractivity contribution is -0.255. The van der Waals surface area contributed by atoms with Gasteiger partial charge in [-0.05, 0) is 28.6 Å². The third kappa shape index (κ3) is 3.28. The highest BCUT2D eigenvalue weighted by molar-refractivity contribution is 5.92.